The van der Waals surface area contributed by atoms with Gasteiger partial charge >= 0.3 is 0 Å². The standard InChI is InChI=1S/C29H20BrCl/c1-17-8-3-4-9-20(17)28-18(2)21-15-14-19(31)16-25(21)29(28)23-11-6-5-10-22(23)27-24(29)12-7-13-26(27)30/h3-16H,1-2H3. The normalized spacial score (nSPS) is 18.3. The van der Waals surface area contributed by atoms with E-state index in [-0.39, 0.29) is 5.41 Å². The van der Waals surface area contributed by atoms with E-state index in [0.717, 1.165) is 9.50 Å². The maximum Gasteiger partial charge on any atom is 0.0728 e. The number of rotatable bonds is 1. The topological polar surface area (TPSA) is 0 Å². The molecule has 0 bridgehead atoms. The van der Waals surface area contributed by atoms with Crippen molar-refractivity contribution in [3.05, 3.63) is 128 Å². The average molecular weight is 484 g/mol. The quantitative estimate of drug-likeness (QED) is 0.254. The van der Waals surface area contributed by atoms with Crippen molar-refractivity contribution in [1.29, 1.82) is 0 Å². The van der Waals surface area contributed by atoms with Crippen molar-refractivity contribution in [2.24, 2.45) is 0 Å². The summed E-state index contributed by atoms with van der Waals surface area (Å²) in [6.45, 7) is 4.48. The minimum Gasteiger partial charge on any atom is -0.0843 e. The third kappa shape index (κ3) is 2.37. The van der Waals surface area contributed by atoms with E-state index in [1.54, 1.807) is 0 Å². The number of hydrogen-bond donors (Lipinski definition) is 0. The first-order valence-electron chi connectivity index (χ1n) is 10.5. The van der Waals surface area contributed by atoms with E-state index >= 15 is 0 Å². The average Bonchev–Trinajstić information content (AvgIpc) is 3.20. The maximum atomic E-state index is 6.62. The Balaban J connectivity index is 1.86. The Kier molecular flexibility index (Phi) is 4.12. The van der Waals surface area contributed by atoms with E-state index in [1.807, 2.05) is 6.07 Å². The Hall–Kier alpha value is -2.61. The summed E-state index contributed by atoms with van der Waals surface area (Å²) in [7, 11) is 0. The van der Waals surface area contributed by atoms with E-state index in [4.69, 9.17) is 11.6 Å². The van der Waals surface area contributed by atoms with Crippen molar-refractivity contribution >= 4 is 38.7 Å². The van der Waals surface area contributed by atoms with E-state index < -0.39 is 0 Å². The van der Waals surface area contributed by atoms with Crippen LogP contribution in [0.1, 0.15) is 40.3 Å². The zero-order valence-electron chi connectivity index (χ0n) is 17.3. The highest BCUT2D eigenvalue weighted by Crippen LogP contribution is 2.65. The molecule has 150 valence electrons. The fourth-order valence-corrected chi connectivity index (χ4v) is 6.56. The van der Waals surface area contributed by atoms with E-state index in [2.05, 4.69) is 109 Å². The molecule has 0 saturated carbocycles. The minimum atomic E-state index is -0.383. The summed E-state index contributed by atoms with van der Waals surface area (Å²) in [6.07, 6.45) is 0. The highest BCUT2D eigenvalue weighted by atomic mass is 79.9. The molecule has 0 radical (unpaired) electrons. The molecule has 0 aromatic heterocycles. The second kappa shape index (κ2) is 6.69. The van der Waals surface area contributed by atoms with Gasteiger partial charge in [-0.2, -0.15) is 0 Å². The van der Waals surface area contributed by atoms with Gasteiger partial charge in [0.25, 0.3) is 0 Å². The van der Waals surface area contributed by atoms with Gasteiger partial charge in [-0.05, 0) is 82.1 Å². The number of halogens is 2. The van der Waals surface area contributed by atoms with Crippen LogP contribution in [0.2, 0.25) is 5.02 Å². The smallest absolute Gasteiger partial charge is 0.0728 e. The van der Waals surface area contributed by atoms with Gasteiger partial charge < -0.3 is 0 Å². The van der Waals surface area contributed by atoms with Crippen LogP contribution in [0.3, 0.4) is 0 Å². The molecule has 0 heterocycles. The molecule has 6 rings (SSSR count). The number of allylic oxidation sites excluding steroid dienone is 2. The molecule has 2 aliphatic rings. The fraction of sp³-hybridized carbons (Fsp3) is 0.103. The molecule has 1 unspecified atom stereocenters. The van der Waals surface area contributed by atoms with E-state index in [9.17, 15) is 0 Å². The number of benzene rings is 4. The predicted octanol–water partition coefficient (Wildman–Crippen LogP) is 8.67. The maximum absolute atomic E-state index is 6.62. The van der Waals surface area contributed by atoms with Gasteiger partial charge in [-0.1, -0.05) is 94.3 Å². The molecule has 31 heavy (non-hydrogen) atoms. The highest BCUT2D eigenvalue weighted by Gasteiger charge is 2.53. The first-order valence-corrected chi connectivity index (χ1v) is 11.7. The van der Waals surface area contributed by atoms with Gasteiger partial charge in [-0.15, -0.1) is 0 Å². The third-order valence-corrected chi connectivity index (χ3v) is 7.87. The molecule has 0 saturated heterocycles. The largest absolute Gasteiger partial charge is 0.0843 e. The lowest BCUT2D eigenvalue weighted by atomic mass is 9.67. The number of aryl methyl sites for hydroxylation is 1. The predicted molar refractivity (Wildman–Crippen MR) is 135 cm³/mol. The van der Waals surface area contributed by atoms with Crippen LogP contribution in [-0.4, -0.2) is 0 Å². The van der Waals surface area contributed by atoms with Crippen LogP contribution in [0, 0.1) is 6.92 Å². The summed E-state index contributed by atoms with van der Waals surface area (Å²) >= 11 is 10.5. The van der Waals surface area contributed by atoms with Crippen LogP contribution in [0.4, 0.5) is 0 Å². The second-order valence-corrected chi connectivity index (χ2v) is 9.75. The Morgan fingerprint density at radius 2 is 1.39 bits per heavy atom. The fourth-order valence-electron chi connectivity index (χ4n) is 5.80. The molecule has 2 heteroatoms. The Morgan fingerprint density at radius 3 is 2.19 bits per heavy atom. The van der Waals surface area contributed by atoms with Gasteiger partial charge in [0, 0.05) is 15.1 Å². The molecule has 0 N–H and O–H groups in total. The number of hydrogen-bond acceptors (Lipinski definition) is 0. The Labute approximate surface area is 196 Å². The van der Waals surface area contributed by atoms with Crippen LogP contribution in [0.25, 0.3) is 22.3 Å². The summed E-state index contributed by atoms with van der Waals surface area (Å²) < 4.78 is 1.13. The van der Waals surface area contributed by atoms with Crippen LogP contribution in [-0.2, 0) is 5.41 Å². The van der Waals surface area contributed by atoms with Crippen LogP contribution >= 0.6 is 27.5 Å². The van der Waals surface area contributed by atoms with Gasteiger partial charge in [0.2, 0.25) is 0 Å². The van der Waals surface area contributed by atoms with Crippen molar-refractivity contribution in [3.8, 4) is 11.1 Å². The van der Waals surface area contributed by atoms with Crippen LogP contribution in [0.15, 0.2) is 89.4 Å². The SMILES string of the molecule is CC1=C(c2ccccc2C)C2(c3cc(Cl)ccc31)c1ccccc1-c1c(Br)cccc12. The Morgan fingerprint density at radius 1 is 0.677 bits per heavy atom. The van der Waals surface area contributed by atoms with Gasteiger partial charge in [-0.3, -0.25) is 0 Å². The zero-order chi connectivity index (χ0) is 21.3. The molecule has 2 aliphatic carbocycles. The Bertz CT molecular complexity index is 1430. The summed E-state index contributed by atoms with van der Waals surface area (Å²) in [5, 5.41) is 0.776. The van der Waals surface area contributed by atoms with Crippen molar-refractivity contribution in [2.45, 2.75) is 19.3 Å². The van der Waals surface area contributed by atoms with Crippen LogP contribution < -0.4 is 0 Å². The summed E-state index contributed by atoms with van der Waals surface area (Å²) in [6, 6.07) is 30.6. The molecule has 0 amide bonds. The van der Waals surface area contributed by atoms with E-state index in [1.165, 1.54) is 55.7 Å². The lowest BCUT2D eigenvalue weighted by Gasteiger charge is -2.33. The molecule has 1 atom stereocenters. The minimum absolute atomic E-state index is 0.383. The highest BCUT2D eigenvalue weighted by molar-refractivity contribution is 9.10. The van der Waals surface area contributed by atoms with Gasteiger partial charge in [-0.25, -0.2) is 0 Å². The molecule has 1 spiro atoms. The molecular weight excluding hydrogens is 464 g/mol. The molecule has 0 fully saturated rings. The van der Waals surface area contributed by atoms with Crippen molar-refractivity contribution in [1.82, 2.24) is 0 Å². The molecule has 4 aromatic carbocycles. The number of fused-ring (bicyclic) bond motifs is 7. The van der Waals surface area contributed by atoms with Gasteiger partial charge in [0.15, 0.2) is 0 Å². The zero-order valence-corrected chi connectivity index (χ0v) is 19.7. The van der Waals surface area contributed by atoms with Crippen molar-refractivity contribution in [2.75, 3.05) is 0 Å². The molecule has 0 aliphatic heterocycles. The summed E-state index contributed by atoms with van der Waals surface area (Å²) in [4.78, 5) is 0. The van der Waals surface area contributed by atoms with Crippen molar-refractivity contribution < 1.29 is 0 Å². The molecular formula is C29H20BrCl. The van der Waals surface area contributed by atoms with Gasteiger partial charge in [0.1, 0.15) is 0 Å². The van der Waals surface area contributed by atoms with Crippen LogP contribution in [0.5, 0.6) is 0 Å². The summed E-state index contributed by atoms with van der Waals surface area (Å²) in [5.41, 5.74) is 12.7. The van der Waals surface area contributed by atoms with Gasteiger partial charge in [0.05, 0.1) is 5.41 Å². The molecule has 4 aromatic rings. The first kappa shape index (κ1) is 19.1. The second-order valence-electron chi connectivity index (χ2n) is 8.46. The lowest BCUT2D eigenvalue weighted by Crippen LogP contribution is -2.27. The molecule has 0 nitrogen and oxygen atoms in total. The van der Waals surface area contributed by atoms with Crippen molar-refractivity contribution in [3.63, 3.8) is 0 Å². The summed E-state index contributed by atoms with van der Waals surface area (Å²) in [5.74, 6) is 0. The third-order valence-electron chi connectivity index (χ3n) is 6.97. The first-order chi connectivity index (χ1) is 15.0. The van der Waals surface area contributed by atoms with E-state index in [0.29, 0.717) is 0 Å². The lowest BCUT2D eigenvalue weighted by molar-refractivity contribution is 0.840. The monoisotopic (exact) mass is 482 g/mol.